The second-order valence-electron chi connectivity index (χ2n) is 7.18. The molecule has 1 aliphatic heterocycles. The largest absolute Gasteiger partial charge is 0.459 e. The third-order valence-corrected chi connectivity index (χ3v) is 4.88. The maximum absolute atomic E-state index is 12.8. The summed E-state index contributed by atoms with van der Waals surface area (Å²) in [5.74, 6) is -0.624. The van der Waals surface area contributed by atoms with E-state index in [1.165, 1.54) is 11.2 Å². The predicted octanol–water partition coefficient (Wildman–Crippen LogP) is 2.54. The number of likely N-dealkylation sites (tertiary alicyclic amines) is 1. The average molecular weight is 383 g/mol. The number of piperidine rings is 1. The highest BCUT2D eigenvalue weighted by Crippen LogP contribution is 2.20. The van der Waals surface area contributed by atoms with Crippen molar-refractivity contribution in [1.82, 2.24) is 9.80 Å². The number of furan rings is 1. The summed E-state index contributed by atoms with van der Waals surface area (Å²) in [5.41, 5.74) is 1.81. The van der Waals surface area contributed by atoms with Gasteiger partial charge in [0.25, 0.3) is 5.91 Å². The number of carbonyl (C=O) groups is 3. The van der Waals surface area contributed by atoms with E-state index in [1.807, 2.05) is 31.2 Å². The van der Waals surface area contributed by atoms with E-state index in [0.29, 0.717) is 25.2 Å². The molecule has 1 saturated heterocycles. The van der Waals surface area contributed by atoms with Crippen LogP contribution in [-0.2, 0) is 9.59 Å². The highest BCUT2D eigenvalue weighted by atomic mass is 16.3. The van der Waals surface area contributed by atoms with E-state index in [4.69, 9.17) is 4.42 Å². The molecule has 1 atom stereocenters. The van der Waals surface area contributed by atoms with Gasteiger partial charge in [-0.05, 0) is 44.0 Å². The summed E-state index contributed by atoms with van der Waals surface area (Å²) in [6, 6.07) is 10.8. The lowest BCUT2D eigenvalue weighted by atomic mass is 9.96. The molecule has 1 aromatic heterocycles. The minimum absolute atomic E-state index is 0.0324. The number of hydrogen-bond acceptors (Lipinski definition) is 4. The summed E-state index contributed by atoms with van der Waals surface area (Å²) in [7, 11) is 1.62. The maximum Gasteiger partial charge on any atom is 0.289 e. The van der Waals surface area contributed by atoms with Gasteiger partial charge in [0.05, 0.1) is 18.7 Å². The first-order chi connectivity index (χ1) is 13.4. The third kappa shape index (κ3) is 4.79. The molecular weight excluding hydrogens is 358 g/mol. The van der Waals surface area contributed by atoms with Gasteiger partial charge in [-0.25, -0.2) is 0 Å². The summed E-state index contributed by atoms with van der Waals surface area (Å²) in [6.45, 7) is 2.88. The van der Waals surface area contributed by atoms with E-state index in [-0.39, 0.29) is 35.9 Å². The molecule has 1 N–H and O–H groups in total. The number of hydrogen-bond donors (Lipinski definition) is 1. The Labute approximate surface area is 164 Å². The van der Waals surface area contributed by atoms with Crippen LogP contribution in [0.1, 0.15) is 29.0 Å². The summed E-state index contributed by atoms with van der Waals surface area (Å²) in [6.07, 6.45) is 2.90. The van der Waals surface area contributed by atoms with Crippen LogP contribution in [0.5, 0.6) is 0 Å². The number of aryl methyl sites for hydroxylation is 1. The first-order valence-electron chi connectivity index (χ1n) is 9.38. The van der Waals surface area contributed by atoms with Crippen LogP contribution in [0, 0.1) is 12.8 Å². The van der Waals surface area contributed by atoms with Crippen LogP contribution >= 0.6 is 0 Å². The molecule has 7 nitrogen and oxygen atoms in total. The van der Waals surface area contributed by atoms with Crippen molar-refractivity contribution >= 4 is 23.4 Å². The van der Waals surface area contributed by atoms with E-state index in [9.17, 15) is 14.4 Å². The minimum atomic E-state index is -0.315. The molecule has 0 saturated carbocycles. The van der Waals surface area contributed by atoms with Crippen molar-refractivity contribution in [1.29, 1.82) is 0 Å². The Bertz CT molecular complexity index is 830. The lowest BCUT2D eigenvalue weighted by molar-refractivity contribution is -0.138. The van der Waals surface area contributed by atoms with E-state index in [1.54, 1.807) is 24.1 Å². The number of anilines is 1. The first kappa shape index (κ1) is 19.7. The molecule has 2 aromatic rings. The summed E-state index contributed by atoms with van der Waals surface area (Å²) >= 11 is 0. The van der Waals surface area contributed by atoms with Gasteiger partial charge in [0.15, 0.2) is 5.76 Å². The molecule has 3 rings (SSSR count). The van der Waals surface area contributed by atoms with Gasteiger partial charge < -0.3 is 19.5 Å². The van der Waals surface area contributed by atoms with Gasteiger partial charge in [-0.3, -0.25) is 14.4 Å². The minimum Gasteiger partial charge on any atom is -0.459 e. The van der Waals surface area contributed by atoms with Crippen LogP contribution in [0.4, 0.5) is 5.69 Å². The van der Waals surface area contributed by atoms with Crippen LogP contribution in [0.2, 0.25) is 0 Å². The summed E-state index contributed by atoms with van der Waals surface area (Å²) in [5, 5.41) is 2.79. The number of rotatable bonds is 5. The van der Waals surface area contributed by atoms with Crippen molar-refractivity contribution in [2.24, 2.45) is 5.92 Å². The standard InChI is InChI=1S/C21H25N3O4/c1-15-7-9-17(10-8-15)22-19(25)14-23(2)20(26)16-5-3-11-24(13-16)21(27)18-6-4-12-28-18/h4,6-10,12,16H,3,5,11,13-14H2,1-2H3,(H,22,25)/t16-/m0/s1. The average Bonchev–Trinajstić information content (AvgIpc) is 3.23. The van der Waals surface area contributed by atoms with Gasteiger partial charge in [0.1, 0.15) is 0 Å². The fraction of sp³-hybridized carbons (Fsp3) is 0.381. The fourth-order valence-electron chi connectivity index (χ4n) is 3.36. The Balaban J connectivity index is 1.54. The Morgan fingerprint density at radius 1 is 1.21 bits per heavy atom. The Hall–Kier alpha value is -3.09. The number of nitrogens with zero attached hydrogens (tertiary/aromatic N) is 2. The number of likely N-dealkylation sites (N-methyl/N-ethyl adjacent to an activating group) is 1. The summed E-state index contributed by atoms with van der Waals surface area (Å²) < 4.78 is 5.17. The number of benzene rings is 1. The molecule has 28 heavy (non-hydrogen) atoms. The Morgan fingerprint density at radius 3 is 2.64 bits per heavy atom. The monoisotopic (exact) mass is 383 g/mol. The zero-order valence-corrected chi connectivity index (χ0v) is 16.2. The SMILES string of the molecule is Cc1ccc(NC(=O)CN(C)C(=O)[C@H]2CCCN(C(=O)c3ccco3)C2)cc1. The number of amides is 3. The van der Waals surface area contributed by atoms with Crippen molar-refractivity contribution in [3.8, 4) is 0 Å². The van der Waals surface area contributed by atoms with Crippen LogP contribution in [0.3, 0.4) is 0 Å². The molecule has 1 aliphatic rings. The van der Waals surface area contributed by atoms with Crippen LogP contribution in [0.25, 0.3) is 0 Å². The van der Waals surface area contributed by atoms with Crippen LogP contribution in [0.15, 0.2) is 47.1 Å². The number of nitrogens with one attached hydrogen (secondary N) is 1. The molecule has 2 heterocycles. The van der Waals surface area contributed by atoms with E-state index in [2.05, 4.69) is 5.32 Å². The predicted molar refractivity (Wildman–Crippen MR) is 105 cm³/mol. The Kier molecular flexibility index (Phi) is 6.13. The third-order valence-electron chi connectivity index (χ3n) is 4.88. The molecule has 0 bridgehead atoms. The second-order valence-corrected chi connectivity index (χ2v) is 7.18. The highest BCUT2D eigenvalue weighted by molar-refractivity contribution is 5.95. The Morgan fingerprint density at radius 2 is 1.96 bits per heavy atom. The molecule has 3 amide bonds. The molecule has 0 aliphatic carbocycles. The second kappa shape index (κ2) is 8.73. The quantitative estimate of drug-likeness (QED) is 0.860. The van der Waals surface area contributed by atoms with E-state index >= 15 is 0 Å². The normalized spacial score (nSPS) is 16.5. The van der Waals surface area contributed by atoms with Crippen LogP contribution < -0.4 is 5.32 Å². The molecule has 7 heteroatoms. The maximum atomic E-state index is 12.8. The molecule has 1 fully saturated rings. The smallest absolute Gasteiger partial charge is 0.289 e. The molecule has 1 aromatic carbocycles. The molecule has 148 valence electrons. The van der Waals surface area contributed by atoms with Gasteiger partial charge in [-0.2, -0.15) is 0 Å². The zero-order chi connectivity index (χ0) is 20.1. The van der Waals surface area contributed by atoms with Crippen molar-refractivity contribution in [3.63, 3.8) is 0 Å². The van der Waals surface area contributed by atoms with Gasteiger partial charge in [0, 0.05) is 25.8 Å². The topological polar surface area (TPSA) is 82.9 Å². The lowest BCUT2D eigenvalue weighted by Crippen LogP contribution is -2.47. The van der Waals surface area contributed by atoms with Gasteiger partial charge in [-0.1, -0.05) is 17.7 Å². The van der Waals surface area contributed by atoms with Gasteiger partial charge >= 0.3 is 0 Å². The molecule has 0 radical (unpaired) electrons. The van der Waals surface area contributed by atoms with Gasteiger partial charge in [0.2, 0.25) is 11.8 Å². The van der Waals surface area contributed by atoms with Crippen molar-refractivity contribution in [2.45, 2.75) is 19.8 Å². The van der Waals surface area contributed by atoms with Crippen molar-refractivity contribution < 1.29 is 18.8 Å². The molecular formula is C21H25N3O4. The molecule has 0 spiro atoms. The highest BCUT2D eigenvalue weighted by Gasteiger charge is 2.31. The van der Waals surface area contributed by atoms with Crippen molar-refractivity contribution in [2.75, 3.05) is 32.0 Å². The first-order valence-corrected chi connectivity index (χ1v) is 9.38. The summed E-state index contributed by atoms with van der Waals surface area (Å²) in [4.78, 5) is 40.5. The fourth-order valence-corrected chi connectivity index (χ4v) is 3.36. The van der Waals surface area contributed by atoms with E-state index < -0.39 is 0 Å². The zero-order valence-electron chi connectivity index (χ0n) is 16.2. The number of carbonyl (C=O) groups excluding carboxylic acids is 3. The van der Waals surface area contributed by atoms with Crippen LogP contribution in [-0.4, -0.2) is 54.2 Å². The van der Waals surface area contributed by atoms with E-state index in [0.717, 1.165) is 12.0 Å². The van der Waals surface area contributed by atoms with Crippen molar-refractivity contribution in [3.05, 3.63) is 54.0 Å². The molecule has 0 unspecified atom stereocenters. The van der Waals surface area contributed by atoms with Gasteiger partial charge in [-0.15, -0.1) is 0 Å². The lowest BCUT2D eigenvalue weighted by Gasteiger charge is -2.33.